The van der Waals surface area contributed by atoms with Crippen LogP contribution < -0.4 is 25.6 Å². The van der Waals surface area contributed by atoms with Crippen molar-refractivity contribution in [1.82, 2.24) is 15.3 Å². The second-order valence-corrected chi connectivity index (χ2v) is 10.1. The van der Waals surface area contributed by atoms with Crippen LogP contribution in [0.5, 0.6) is 5.75 Å². The molecule has 3 fully saturated rings. The van der Waals surface area contributed by atoms with Crippen LogP contribution in [0.3, 0.4) is 0 Å². The molecule has 38 heavy (non-hydrogen) atoms. The predicted molar refractivity (Wildman–Crippen MR) is 143 cm³/mol. The third kappa shape index (κ3) is 4.13. The van der Waals surface area contributed by atoms with Crippen LogP contribution in [0.4, 0.5) is 15.8 Å². The van der Waals surface area contributed by atoms with Gasteiger partial charge in [0.25, 0.3) is 5.91 Å². The van der Waals surface area contributed by atoms with Gasteiger partial charge in [-0.3, -0.25) is 4.79 Å². The normalized spacial score (nSPS) is 22.0. The van der Waals surface area contributed by atoms with Crippen molar-refractivity contribution in [3.8, 4) is 28.3 Å². The van der Waals surface area contributed by atoms with Crippen molar-refractivity contribution >= 4 is 17.3 Å². The highest BCUT2D eigenvalue weighted by Crippen LogP contribution is 2.42. The van der Waals surface area contributed by atoms with Gasteiger partial charge in [0.05, 0.1) is 25.3 Å². The number of aromatic nitrogens is 2. The van der Waals surface area contributed by atoms with Crippen LogP contribution >= 0.6 is 0 Å². The molecule has 1 amide bonds. The Kier molecular flexibility index (Phi) is 6.37. The minimum atomic E-state index is -0.707. The first-order chi connectivity index (χ1) is 18.5. The molecule has 0 unspecified atom stereocenters. The Labute approximate surface area is 220 Å². The molecule has 3 aromatic rings. The zero-order chi connectivity index (χ0) is 26.4. The fourth-order valence-electron chi connectivity index (χ4n) is 5.94. The lowest BCUT2D eigenvalue weighted by atomic mass is 9.97. The van der Waals surface area contributed by atoms with E-state index in [1.165, 1.54) is 13.2 Å². The Balaban J connectivity index is 1.46. The highest BCUT2D eigenvalue weighted by molar-refractivity contribution is 6.00. The second kappa shape index (κ2) is 9.85. The Morgan fingerprint density at radius 1 is 1.21 bits per heavy atom. The van der Waals surface area contributed by atoms with Gasteiger partial charge in [-0.25, -0.2) is 14.4 Å². The summed E-state index contributed by atoms with van der Waals surface area (Å²) in [7, 11) is 3.17. The van der Waals surface area contributed by atoms with E-state index in [-0.39, 0.29) is 22.8 Å². The van der Waals surface area contributed by atoms with E-state index in [4.69, 9.17) is 15.2 Å². The molecule has 3 saturated heterocycles. The maximum Gasteiger partial charge on any atom is 0.268 e. The zero-order valence-electron chi connectivity index (χ0n) is 21.5. The average molecular weight is 519 g/mol. The van der Waals surface area contributed by atoms with E-state index < -0.39 is 11.7 Å². The van der Waals surface area contributed by atoms with Crippen LogP contribution in [0.2, 0.25) is 0 Å². The van der Waals surface area contributed by atoms with Crippen molar-refractivity contribution in [1.29, 1.82) is 0 Å². The number of ether oxygens (including phenoxy) is 2. The third-order valence-corrected chi connectivity index (χ3v) is 7.91. The zero-order valence-corrected chi connectivity index (χ0v) is 21.5. The van der Waals surface area contributed by atoms with Crippen molar-refractivity contribution in [2.24, 2.45) is 5.73 Å². The first-order valence-electron chi connectivity index (χ1n) is 12.9. The number of primary amides is 1. The average Bonchev–Trinajstić information content (AvgIpc) is 3.55. The summed E-state index contributed by atoms with van der Waals surface area (Å²) in [5.41, 5.74) is 9.43. The van der Waals surface area contributed by atoms with Crippen molar-refractivity contribution in [2.45, 2.75) is 31.0 Å². The molecule has 0 saturated carbocycles. The number of amides is 1. The molecule has 198 valence electrons. The smallest absolute Gasteiger partial charge is 0.268 e. The lowest BCUT2D eigenvalue weighted by Gasteiger charge is -2.43. The predicted octanol–water partition coefficient (Wildman–Crippen LogP) is 2.83. The van der Waals surface area contributed by atoms with E-state index >= 15 is 0 Å². The molecule has 3 atom stereocenters. The Hall–Kier alpha value is -3.76. The monoisotopic (exact) mass is 518 g/mol. The van der Waals surface area contributed by atoms with Crippen LogP contribution in [-0.2, 0) is 4.74 Å². The molecule has 0 aliphatic carbocycles. The number of halogens is 1. The first kappa shape index (κ1) is 24.6. The van der Waals surface area contributed by atoms with Gasteiger partial charge in [0.15, 0.2) is 5.82 Å². The number of anilines is 2. The number of benzene rings is 2. The first-order valence-corrected chi connectivity index (χ1v) is 12.9. The van der Waals surface area contributed by atoms with Crippen molar-refractivity contribution in [3.63, 3.8) is 0 Å². The molecule has 9 nitrogen and oxygen atoms in total. The van der Waals surface area contributed by atoms with Crippen molar-refractivity contribution < 1.29 is 18.7 Å². The van der Waals surface area contributed by atoms with Crippen LogP contribution in [0.1, 0.15) is 23.3 Å². The largest absolute Gasteiger partial charge is 0.496 e. The third-order valence-electron chi connectivity index (χ3n) is 7.91. The van der Waals surface area contributed by atoms with E-state index in [0.29, 0.717) is 30.3 Å². The number of rotatable bonds is 8. The maximum atomic E-state index is 14.8. The summed E-state index contributed by atoms with van der Waals surface area (Å²) >= 11 is 0. The number of nitrogens with two attached hydrogens (primary N) is 1. The molecule has 0 spiro atoms. The van der Waals surface area contributed by atoms with Gasteiger partial charge in [-0.2, -0.15) is 0 Å². The number of methoxy groups -OCH3 is 2. The fourth-order valence-corrected chi connectivity index (χ4v) is 5.94. The second-order valence-electron chi connectivity index (χ2n) is 10.1. The van der Waals surface area contributed by atoms with Crippen LogP contribution in [-0.4, -0.2) is 74.5 Å². The summed E-state index contributed by atoms with van der Waals surface area (Å²) in [6, 6.07) is 11.9. The van der Waals surface area contributed by atoms with Crippen LogP contribution in [0.15, 0.2) is 42.6 Å². The molecule has 2 aromatic carbocycles. The summed E-state index contributed by atoms with van der Waals surface area (Å²) in [6.07, 6.45) is 3.73. The molecule has 10 heteroatoms. The number of carbonyl (C=O) groups excluding carboxylic acids is 1. The highest BCUT2D eigenvalue weighted by atomic mass is 19.1. The van der Waals surface area contributed by atoms with Gasteiger partial charge in [-0.1, -0.05) is 12.1 Å². The van der Waals surface area contributed by atoms with E-state index in [0.717, 1.165) is 49.4 Å². The summed E-state index contributed by atoms with van der Waals surface area (Å²) in [5.74, 6) is -0.929. The van der Waals surface area contributed by atoms with Crippen LogP contribution in [0, 0.1) is 5.82 Å². The summed E-state index contributed by atoms with van der Waals surface area (Å²) in [4.78, 5) is 26.4. The van der Waals surface area contributed by atoms with E-state index in [9.17, 15) is 9.18 Å². The topological polar surface area (TPSA) is 106 Å². The van der Waals surface area contributed by atoms with E-state index in [1.54, 1.807) is 25.4 Å². The van der Waals surface area contributed by atoms with Gasteiger partial charge >= 0.3 is 0 Å². The van der Waals surface area contributed by atoms with E-state index in [2.05, 4.69) is 37.2 Å². The fraction of sp³-hybridized carbons (Fsp3) is 0.393. The minimum Gasteiger partial charge on any atom is -0.496 e. The lowest BCUT2D eigenvalue weighted by molar-refractivity contribution is 0.0996. The lowest BCUT2D eigenvalue weighted by Crippen LogP contribution is -2.50. The molecule has 4 heterocycles. The number of fused-ring (bicyclic) bond motifs is 2. The number of piperazine rings is 1. The summed E-state index contributed by atoms with van der Waals surface area (Å²) in [6.45, 7) is 3.43. The SMILES string of the molecule is COC[C@@H]1CCN1c1ccc(-c2cnc(-c3c(F)cccc3OC)nc2C(N)=O)c(N2C[C@@H]3C[C@H]2CN3)c1. The molecule has 1 aromatic heterocycles. The van der Waals surface area contributed by atoms with Gasteiger partial charge in [0.1, 0.15) is 17.3 Å². The van der Waals surface area contributed by atoms with Gasteiger partial charge < -0.3 is 30.3 Å². The Morgan fingerprint density at radius 3 is 2.74 bits per heavy atom. The number of carbonyl (C=O) groups is 1. The molecule has 3 N–H and O–H groups in total. The Morgan fingerprint density at radius 2 is 2.08 bits per heavy atom. The van der Waals surface area contributed by atoms with Gasteiger partial charge in [-0.15, -0.1) is 0 Å². The molecule has 0 radical (unpaired) electrons. The number of nitrogens with zero attached hydrogens (tertiary/aromatic N) is 4. The summed E-state index contributed by atoms with van der Waals surface area (Å²) < 4.78 is 25.5. The molecular formula is C28H31FN6O3. The highest BCUT2D eigenvalue weighted by Gasteiger charge is 2.39. The van der Waals surface area contributed by atoms with Crippen molar-refractivity contribution in [2.75, 3.05) is 50.3 Å². The molecular weight excluding hydrogens is 487 g/mol. The molecule has 3 aliphatic heterocycles. The number of nitrogens with one attached hydrogen (secondary N) is 1. The number of hydrogen-bond donors (Lipinski definition) is 2. The standard InChI is InChI=1S/C28H31FN6O3/c1-37-15-18-8-9-34(18)17-6-7-20(23(11-17)35-14-16-10-19(35)12-31-16)21-13-32-28(33-26(21)27(30)36)25-22(29)4-3-5-24(25)38-2/h3-7,11,13,16,18-19,31H,8-10,12,14-15H2,1-2H3,(H2,30,36)/t16-,18-,19-/m0/s1. The molecule has 2 bridgehead atoms. The summed E-state index contributed by atoms with van der Waals surface area (Å²) in [5, 5.41) is 3.56. The van der Waals surface area contributed by atoms with Gasteiger partial charge in [0, 0.05) is 67.5 Å². The van der Waals surface area contributed by atoms with Gasteiger partial charge in [-0.05, 0) is 37.1 Å². The minimum absolute atomic E-state index is 0.0398. The maximum absolute atomic E-state index is 14.8. The van der Waals surface area contributed by atoms with Crippen LogP contribution in [0.25, 0.3) is 22.5 Å². The molecule has 3 aliphatic rings. The van der Waals surface area contributed by atoms with Gasteiger partial charge in [0.2, 0.25) is 0 Å². The number of hydrogen-bond acceptors (Lipinski definition) is 8. The van der Waals surface area contributed by atoms with E-state index in [1.807, 2.05) is 6.07 Å². The Bertz CT molecular complexity index is 1380. The quantitative estimate of drug-likeness (QED) is 0.469. The molecule has 6 rings (SSSR count). The van der Waals surface area contributed by atoms with Crippen molar-refractivity contribution in [3.05, 3.63) is 54.1 Å².